The largest absolute Gasteiger partial charge is 0.378 e. The highest BCUT2D eigenvalue weighted by Gasteiger charge is 2.21. The summed E-state index contributed by atoms with van der Waals surface area (Å²) in [5.74, 6) is 1.03. The predicted octanol–water partition coefficient (Wildman–Crippen LogP) is 2.80. The highest BCUT2D eigenvalue weighted by atomic mass is 127. The molecule has 0 aromatic carbocycles. The number of rotatable bonds is 7. The Bertz CT molecular complexity index is 321. The molecule has 0 unspecified atom stereocenters. The minimum Gasteiger partial charge on any atom is -0.378 e. The van der Waals surface area contributed by atoms with Crippen molar-refractivity contribution in [1.29, 1.82) is 0 Å². The van der Waals surface area contributed by atoms with Crippen molar-refractivity contribution in [3.8, 4) is 0 Å². The molecule has 0 amide bonds. The molecule has 0 aliphatic carbocycles. The van der Waals surface area contributed by atoms with Crippen LogP contribution in [0.4, 0.5) is 0 Å². The Morgan fingerprint density at radius 1 is 1.22 bits per heavy atom. The number of nitrogens with zero attached hydrogens (tertiary/aromatic N) is 3. The topological polar surface area (TPSA) is 40.1 Å². The van der Waals surface area contributed by atoms with Crippen molar-refractivity contribution in [3.05, 3.63) is 0 Å². The van der Waals surface area contributed by atoms with Gasteiger partial charge in [0.1, 0.15) is 0 Å². The number of hydrogen-bond donors (Lipinski definition) is 1. The molecule has 0 aromatic heterocycles. The van der Waals surface area contributed by atoms with Gasteiger partial charge in [0.25, 0.3) is 0 Å². The zero-order chi connectivity index (χ0) is 16.5. The van der Waals surface area contributed by atoms with E-state index in [-0.39, 0.29) is 24.0 Å². The van der Waals surface area contributed by atoms with Gasteiger partial charge in [-0.2, -0.15) is 0 Å². The van der Waals surface area contributed by atoms with Crippen LogP contribution in [0.1, 0.15) is 47.5 Å². The van der Waals surface area contributed by atoms with Crippen molar-refractivity contribution in [2.45, 2.75) is 65.6 Å². The van der Waals surface area contributed by atoms with E-state index in [1.165, 1.54) is 0 Å². The molecule has 138 valence electrons. The first-order chi connectivity index (χ1) is 10.5. The summed E-state index contributed by atoms with van der Waals surface area (Å²) in [7, 11) is 1.87. The fourth-order valence-corrected chi connectivity index (χ4v) is 3.21. The van der Waals surface area contributed by atoms with Gasteiger partial charge in [0, 0.05) is 51.9 Å². The minimum absolute atomic E-state index is 0. The highest BCUT2D eigenvalue weighted by molar-refractivity contribution is 14.0. The van der Waals surface area contributed by atoms with Crippen LogP contribution < -0.4 is 5.32 Å². The van der Waals surface area contributed by atoms with Gasteiger partial charge in [0.2, 0.25) is 0 Å². The molecule has 6 heteroatoms. The van der Waals surface area contributed by atoms with Crippen molar-refractivity contribution < 1.29 is 4.74 Å². The predicted molar refractivity (Wildman–Crippen MR) is 110 cm³/mol. The van der Waals surface area contributed by atoms with Gasteiger partial charge < -0.3 is 15.0 Å². The molecule has 1 aliphatic heterocycles. The van der Waals surface area contributed by atoms with E-state index >= 15 is 0 Å². The van der Waals surface area contributed by atoms with Gasteiger partial charge in [-0.1, -0.05) is 0 Å². The van der Waals surface area contributed by atoms with Gasteiger partial charge >= 0.3 is 0 Å². The second kappa shape index (κ2) is 12.3. The number of likely N-dealkylation sites (tertiary alicyclic amines) is 1. The van der Waals surface area contributed by atoms with Crippen molar-refractivity contribution >= 4 is 29.9 Å². The van der Waals surface area contributed by atoms with Crippen LogP contribution >= 0.6 is 24.0 Å². The van der Waals surface area contributed by atoms with Crippen molar-refractivity contribution in [2.24, 2.45) is 4.99 Å². The normalized spacial score (nSPS) is 17.1. The lowest BCUT2D eigenvalue weighted by Crippen LogP contribution is -2.49. The molecular weight excluding hydrogens is 403 g/mol. The maximum absolute atomic E-state index is 5.72. The lowest BCUT2D eigenvalue weighted by molar-refractivity contribution is 0.0263. The van der Waals surface area contributed by atoms with Gasteiger partial charge in [-0.3, -0.25) is 9.89 Å². The van der Waals surface area contributed by atoms with Gasteiger partial charge in [-0.25, -0.2) is 0 Å². The molecule has 23 heavy (non-hydrogen) atoms. The molecule has 1 rings (SSSR count). The summed E-state index contributed by atoms with van der Waals surface area (Å²) in [6.45, 7) is 16.0. The first kappa shape index (κ1) is 22.9. The average molecular weight is 440 g/mol. The third kappa shape index (κ3) is 8.03. The Hall–Kier alpha value is -0.0800. The molecule has 1 fully saturated rings. The molecule has 0 radical (unpaired) electrons. The molecule has 5 nitrogen and oxygen atoms in total. The Balaban J connectivity index is 0.00000484. The van der Waals surface area contributed by atoms with E-state index < -0.39 is 0 Å². The maximum Gasteiger partial charge on any atom is 0.193 e. The number of halogens is 1. The molecule has 0 bridgehead atoms. The highest BCUT2D eigenvalue weighted by Crippen LogP contribution is 2.13. The molecule has 0 aromatic rings. The third-order valence-electron chi connectivity index (χ3n) is 4.34. The molecule has 0 atom stereocenters. The van der Waals surface area contributed by atoms with E-state index in [2.05, 4.69) is 54.7 Å². The van der Waals surface area contributed by atoms with E-state index in [0.29, 0.717) is 18.2 Å². The molecule has 1 heterocycles. The fraction of sp³-hybridized carbons (Fsp3) is 0.941. The van der Waals surface area contributed by atoms with Crippen LogP contribution in [-0.4, -0.2) is 73.8 Å². The van der Waals surface area contributed by atoms with Crippen molar-refractivity contribution in [1.82, 2.24) is 15.1 Å². The van der Waals surface area contributed by atoms with Gasteiger partial charge in [0.05, 0.1) is 6.10 Å². The van der Waals surface area contributed by atoms with Crippen LogP contribution in [0.25, 0.3) is 0 Å². The summed E-state index contributed by atoms with van der Waals surface area (Å²) < 4.78 is 5.72. The van der Waals surface area contributed by atoms with E-state index in [9.17, 15) is 0 Å². The monoisotopic (exact) mass is 440 g/mol. The van der Waals surface area contributed by atoms with Crippen molar-refractivity contribution in [2.75, 3.05) is 39.8 Å². The van der Waals surface area contributed by atoms with E-state index in [1.807, 2.05) is 7.05 Å². The molecular formula is C17H37IN4O. The van der Waals surface area contributed by atoms with E-state index in [4.69, 9.17) is 4.74 Å². The summed E-state index contributed by atoms with van der Waals surface area (Å²) in [5, 5.41) is 3.52. The SMILES string of the molecule is CCOC1CCN(C(=NC)NCCN(C(C)C)C(C)C)CC1.I. The second-order valence-corrected chi connectivity index (χ2v) is 6.54. The number of ether oxygens (including phenoxy) is 1. The van der Waals surface area contributed by atoms with E-state index in [1.54, 1.807) is 0 Å². The summed E-state index contributed by atoms with van der Waals surface area (Å²) >= 11 is 0. The fourth-order valence-electron chi connectivity index (χ4n) is 3.21. The number of piperidine rings is 1. The number of aliphatic imine (C=N–C) groups is 1. The van der Waals surface area contributed by atoms with Crippen LogP contribution in [0.3, 0.4) is 0 Å². The summed E-state index contributed by atoms with van der Waals surface area (Å²) in [4.78, 5) is 9.29. The minimum atomic E-state index is 0. The summed E-state index contributed by atoms with van der Waals surface area (Å²) in [6, 6.07) is 1.15. The van der Waals surface area contributed by atoms with Crippen LogP contribution in [0.5, 0.6) is 0 Å². The number of hydrogen-bond acceptors (Lipinski definition) is 3. The second-order valence-electron chi connectivity index (χ2n) is 6.54. The standard InChI is InChI=1S/C17H36N4O.HI/c1-7-22-16-8-11-20(12-9-16)17(18-6)19-10-13-21(14(2)3)15(4)5;/h14-16H,7-13H2,1-6H3,(H,18,19);1H. The molecule has 1 aliphatic rings. The summed E-state index contributed by atoms with van der Waals surface area (Å²) in [5.41, 5.74) is 0. The van der Waals surface area contributed by atoms with Gasteiger partial charge in [-0.15, -0.1) is 24.0 Å². The van der Waals surface area contributed by atoms with Gasteiger partial charge in [-0.05, 0) is 47.5 Å². The zero-order valence-electron chi connectivity index (χ0n) is 15.8. The average Bonchev–Trinajstić information content (AvgIpc) is 2.48. The molecule has 1 N–H and O–H groups in total. The summed E-state index contributed by atoms with van der Waals surface area (Å²) in [6.07, 6.45) is 2.62. The quantitative estimate of drug-likeness (QED) is 0.376. The van der Waals surface area contributed by atoms with Gasteiger partial charge in [0.15, 0.2) is 5.96 Å². The smallest absolute Gasteiger partial charge is 0.193 e. The third-order valence-corrected chi connectivity index (χ3v) is 4.34. The van der Waals surface area contributed by atoms with Crippen LogP contribution in [0.15, 0.2) is 4.99 Å². The first-order valence-corrected chi connectivity index (χ1v) is 8.82. The Kier molecular flexibility index (Phi) is 12.3. The van der Waals surface area contributed by atoms with Crippen LogP contribution in [-0.2, 0) is 4.74 Å². The van der Waals surface area contributed by atoms with Crippen molar-refractivity contribution in [3.63, 3.8) is 0 Å². The van der Waals surface area contributed by atoms with E-state index in [0.717, 1.165) is 51.6 Å². The van der Waals surface area contributed by atoms with Crippen LogP contribution in [0.2, 0.25) is 0 Å². The lowest BCUT2D eigenvalue weighted by Gasteiger charge is -2.35. The molecule has 0 saturated carbocycles. The lowest BCUT2D eigenvalue weighted by atomic mass is 10.1. The van der Waals surface area contributed by atoms with Crippen LogP contribution in [0, 0.1) is 0 Å². The maximum atomic E-state index is 5.72. The molecule has 1 saturated heterocycles. The molecule has 0 spiro atoms. The first-order valence-electron chi connectivity index (χ1n) is 8.82. The Morgan fingerprint density at radius 3 is 2.22 bits per heavy atom. The Labute approximate surface area is 160 Å². The Morgan fingerprint density at radius 2 is 1.78 bits per heavy atom. The number of guanidine groups is 1. The number of nitrogens with one attached hydrogen (secondary N) is 1. The zero-order valence-corrected chi connectivity index (χ0v) is 18.2.